The van der Waals surface area contributed by atoms with E-state index >= 15 is 0 Å². The van der Waals surface area contributed by atoms with Gasteiger partial charge in [0.15, 0.2) is 0 Å². The second kappa shape index (κ2) is 4.89. The maximum atomic E-state index is 9.28. The Morgan fingerprint density at radius 3 is 2.47 bits per heavy atom. The van der Waals surface area contributed by atoms with Crippen LogP contribution in [0.5, 0.6) is 0 Å². The van der Waals surface area contributed by atoms with Crippen LogP contribution in [-0.4, -0.2) is 6.54 Å². The molecule has 1 aliphatic carbocycles. The van der Waals surface area contributed by atoms with Crippen molar-refractivity contribution < 1.29 is 0 Å². The van der Waals surface area contributed by atoms with Crippen molar-refractivity contribution in [3.63, 3.8) is 0 Å². The molecule has 1 atom stereocenters. The minimum Gasteiger partial charge on any atom is -0.298 e. The monoisotopic (exact) mass is 228 g/mol. The summed E-state index contributed by atoms with van der Waals surface area (Å²) in [6.07, 6.45) is 2.63. The zero-order valence-corrected chi connectivity index (χ0v) is 10.9. The molecule has 90 valence electrons. The van der Waals surface area contributed by atoms with E-state index in [9.17, 15) is 5.26 Å². The van der Waals surface area contributed by atoms with Crippen molar-refractivity contribution in [3.8, 4) is 6.07 Å². The van der Waals surface area contributed by atoms with Crippen LogP contribution in [-0.2, 0) is 0 Å². The van der Waals surface area contributed by atoms with Crippen LogP contribution in [0.1, 0.15) is 41.1 Å². The number of hydrogen-bond acceptors (Lipinski definition) is 2. The van der Waals surface area contributed by atoms with Gasteiger partial charge in [-0.05, 0) is 68.3 Å². The van der Waals surface area contributed by atoms with Crippen molar-refractivity contribution in [2.45, 2.75) is 39.7 Å². The molecule has 0 aromatic heterocycles. The molecule has 1 N–H and O–H groups in total. The average molecular weight is 228 g/mol. The Hall–Kier alpha value is -1.33. The largest absolute Gasteiger partial charge is 0.298 e. The van der Waals surface area contributed by atoms with Crippen LogP contribution in [0.25, 0.3) is 0 Å². The first-order valence-corrected chi connectivity index (χ1v) is 6.32. The zero-order chi connectivity index (χ0) is 12.4. The van der Waals surface area contributed by atoms with Gasteiger partial charge in [0.2, 0.25) is 0 Å². The van der Waals surface area contributed by atoms with Crippen LogP contribution >= 0.6 is 0 Å². The minimum atomic E-state index is -0.158. The molecule has 0 spiro atoms. The Bertz CT molecular complexity index is 453. The molecule has 1 aliphatic rings. The molecule has 0 radical (unpaired) electrons. The predicted molar refractivity (Wildman–Crippen MR) is 69.7 cm³/mol. The van der Waals surface area contributed by atoms with Crippen molar-refractivity contribution >= 4 is 0 Å². The number of benzene rings is 1. The van der Waals surface area contributed by atoms with Crippen molar-refractivity contribution in [2.24, 2.45) is 5.92 Å². The number of nitriles is 1. The molecule has 0 aliphatic heterocycles. The topological polar surface area (TPSA) is 35.8 Å². The van der Waals surface area contributed by atoms with Crippen LogP contribution in [0, 0.1) is 38.0 Å². The summed E-state index contributed by atoms with van der Waals surface area (Å²) in [5.74, 6) is 0.803. The summed E-state index contributed by atoms with van der Waals surface area (Å²) in [5, 5.41) is 12.7. The lowest BCUT2D eigenvalue weighted by Crippen LogP contribution is -2.23. The summed E-state index contributed by atoms with van der Waals surface area (Å²) < 4.78 is 0. The third-order valence-electron chi connectivity index (χ3n) is 3.63. The highest BCUT2D eigenvalue weighted by Gasteiger charge is 2.23. The van der Waals surface area contributed by atoms with E-state index in [4.69, 9.17) is 0 Å². The average Bonchev–Trinajstić information content (AvgIpc) is 3.09. The van der Waals surface area contributed by atoms with Gasteiger partial charge in [-0.25, -0.2) is 0 Å². The zero-order valence-electron chi connectivity index (χ0n) is 10.9. The van der Waals surface area contributed by atoms with Crippen LogP contribution in [0.15, 0.2) is 12.1 Å². The number of nitrogens with one attached hydrogen (secondary N) is 1. The van der Waals surface area contributed by atoms with E-state index in [2.05, 4.69) is 44.3 Å². The van der Waals surface area contributed by atoms with Crippen LogP contribution in [0.3, 0.4) is 0 Å². The van der Waals surface area contributed by atoms with E-state index < -0.39 is 0 Å². The van der Waals surface area contributed by atoms with E-state index in [1.54, 1.807) is 0 Å². The SMILES string of the molecule is Cc1cc(C)c(C(C#N)NCC2CC2)cc1C. The highest BCUT2D eigenvalue weighted by Crippen LogP contribution is 2.29. The minimum absolute atomic E-state index is 0.158. The Morgan fingerprint density at radius 1 is 1.24 bits per heavy atom. The Morgan fingerprint density at radius 2 is 1.88 bits per heavy atom. The molecule has 1 aromatic rings. The lowest BCUT2D eigenvalue weighted by Gasteiger charge is -2.16. The molecule has 1 aromatic carbocycles. The predicted octanol–water partition coefficient (Wildman–Crippen LogP) is 3.18. The van der Waals surface area contributed by atoms with E-state index in [0.29, 0.717) is 0 Å². The van der Waals surface area contributed by atoms with Gasteiger partial charge in [-0.15, -0.1) is 0 Å². The molecular formula is C15H20N2. The number of rotatable bonds is 4. The van der Waals surface area contributed by atoms with E-state index in [0.717, 1.165) is 18.0 Å². The number of aryl methyl sites for hydroxylation is 3. The van der Waals surface area contributed by atoms with Gasteiger partial charge in [0.05, 0.1) is 6.07 Å². The van der Waals surface area contributed by atoms with Gasteiger partial charge in [-0.2, -0.15) is 5.26 Å². The summed E-state index contributed by atoms with van der Waals surface area (Å²) in [6, 6.07) is 6.55. The van der Waals surface area contributed by atoms with Crippen molar-refractivity contribution in [1.82, 2.24) is 5.32 Å². The second-order valence-corrected chi connectivity index (χ2v) is 5.21. The lowest BCUT2D eigenvalue weighted by atomic mass is 9.96. The highest BCUT2D eigenvalue weighted by atomic mass is 14.9. The smallest absolute Gasteiger partial charge is 0.121 e. The summed E-state index contributed by atoms with van der Waals surface area (Å²) in [6.45, 7) is 7.29. The van der Waals surface area contributed by atoms with Crippen molar-refractivity contribution in [2.75, 3.05) is 6.54 Å². The summed E-state index contributed by atoms with van der Waals surface area (Å²) >= 11 is 0. The van der Waals surface area contributed by atoms with Crippen molar-refractivity contribution in [3.05, 3.63) is 34.4 Å². The quantitative estimate of drug-likeness (QED) is 0.859. The molecule has 1 saturated carbocycles. The van der Waals surface area contributed by atoms with Gasteiger partial charge in [0, 0.05) is 0 Å². The van der Waals surface area contributed by atoms with Gasteiger partial charge in [0.25, 0.3) is 0 Å². The molecule has 17 heavy (non-hydrogen) atoms. The standard InChI is InChI=1S/C15H20N2/c1-10-6-12(3)14(7-11(10)2)15(8-16)17-9-13-4-5-13/h6-7,13,15,17H,4-5,9H2,1-3H3. The Kier molecular flexibility index (Phi) is 3.49. The van der Waals surface area contributed by atoms with E-state index in [1.807, 2.05) is 0 Å². The summed E-state index contributed by atoms with van der Waals surface area (Å²) in [7, 11) is 0. The third-order valence-corrected chi connectivity index (χ3v) is 3.63. The molecule has 2 rings (SSSR count). The maximum Gasteiger partial charge on any atom is 0.121 e. The lowest BCUT2D eigenvalue weighted by molar-refractivity contribution is 0.590. The molecular weight excluding hydrogens is 208 g/mol. The maximum absolute atomic E-state index is 9.28. The first-order valence-electron chi connectivity index (χ1n) is 6.32. The fraction of sp³-hybridized carbons (Fsp3) is 0.533. The van der Waals surface area contributed by atoms with Gasteiger partial charge in [-0.1, -0.05) is 12.1 Å². The molecule has 0 amide bonds. The molecule has 2 nitrogen and oxygen atoms in total. The van der Waals surface area contributed by atoms with Gasteiger partial charge >= 0.3 is 0 Å². The van der Waals surface area contributed by atoms with E-state index in [-0.39, 0.29) is 6.04 Å². The molecule has 1 fully saturated rings. The van der Waals surface area contributed by atoms with Gasteiger partial charge in [-0.3, -0.25) is 5.32 Å². The van der Waals surface area contributed by atoms with Crippen molar-refractivity contribution in [1.29, 1.82) is 5.26 Å². The number of hydrogen-bond donors (Lipinski definition) is 1. The fourth-order valence-electron chi connectivity index (χ4n) is 2.13. The Balaban J connectivity index is 2.17. The Labute approximate surface area is 104 Å². The fourth-order valence-corrected chi connectivity index (χ4v) is 2.13. The first kappa shape index (κ1) is 12.1. The molecule has 2 heteroatoms. The van der Waals surface area contributed by atoms with Gasteiger partial charge in [0.1, 0.15) is 6.04 Å². The molecule has 0 bridgehead atoms. The third kappa shape index (κ3) is 2.87. The molecule has 1 unspecified atom stereocenters. The van der Waals surface area contributed by atoms with Crippen LogP contribution in [0.4, 0.5) is 0 Å². The van der Waals surface area contributed by atoms with Crippen LogP contribution < -0.4 is 5.32 Å². The molecule has 0 heterocycles. The molecule has 0 saturated heterocycles. The second-order valence-electron chi connectivity index (χ2n) is 5.21. The van der Waals surface area contributed by atoms with E-state index in [1.165, 1.54) is 29.5 Å². The summed E-state index contributed by atoms with van der Waals surface area (Å²) in [5.41, 5.74) is 4.91. The first-order chi connectivity index (χ1) is 8.11. The van der Waals surface area contributed by atoms with Gasteiger partial charge < -0.3 is 0 Å². The summed E-state index contributed by atoms with van der Waals surface area (Å²) in [4.78, 5) is 0. The number of nitrogens with zero attached hydrogens (tertiary/aromatic N) is 1. The highest BCUT2D eigenvalue weighted by molar-refractivity contribution is 5.40. The van der Waals surface area contributed by atoms with Crippen LogP contribution in [0.2, 0.25) is 0 Å². The normalized spacial score (nSPS) is 16.6.